The van der Waals surface area contributed by atoms with E-state index in [9.17, 15) is 4.79 Å². The summed E-state index contributed by atoms with van der Waals surface area (Å²) in [5.41, 5.74) is 10.3. The van der Waals surface area contributed by atoms with Crippen LogP contribution in [-0.4, -0.2) is 22.3 Å². The van der Waals surface area contributed by atoms with Crippen molar-refractivity contribution in [3.05, 3.63) is 66.6 Å². The highest BCUT2D eigenvalue weighted by Gasteiger charge is 2.04. The summed E-state index contributed by atoms with van der Waals surface area (Å²) in [7, 11) is 0. The van der Waals surface area contributed by atoms with Gasteiger partial charge in [0.15, 0.2) is 5.78 Å². The number of H-pyrrole nitrogens is 1. The minimum atomic E-state index is -0.0452. The first-order valence-corrected chi connectivity index (χ1v) is 6.70. The molecule has 3 N–H and O–H groups in total. The number of carbonyl (C=O) groups is 1. The molecule has 104 valence electrons. The van der Waals surface area contributed by atoms with E-state index in [1.807, 2.05) is 36.4 Å². The van der Waals surface area contributed by atoms with Gasteiger partial charge in [-0.2, -0.15) is 0 Å². The third kappa shape index (κ3) is 2.75. The van der Waals surface area contributed by atoms with Crippen LogP contribution in [0.2, 0.25) is 0 Å². The summed E-state index contributed by atoms with van der Waals surface area (Å²) < 4.78 is 0. The lowest BCUT2D eigenvalue weighted by molar-refractivity contribution is 0.100. The molecule has 0 saturated carbocycles. The van der Waals surface area contributed by atoms with E-state index in [2.05, 4.69) is 22.1 Å². The summed E-state index contributed by atoms with van der Waals surface area (Å²) in [5.74, 6) is -0.0452. The molecule has 4 heteroatoms. The lowest BCUT2D eigenvalue weighted by Gasteiger charge is -2.05. The van der Waals surface area contributed by atoms with E-state index in [0.717, 1.165) is 22.4 Å². The SMILES string of the molecule is NCC(=O)c1ccc(-c2ccc(-c3cnc[nH]3)cc2)cc1. The van der Waals surface area contributed by atoms with Gasteiger partial charge in [-0.15, -0.1) is 0 Å². The Morgan fingerprint density at radius 2 is 1.52 bits per heavy atom. The molecule has 0 aliphatic heterocycles. The summed E-state index contributed by atoms with van der Waals surface area (Å²) >= 11 is 0. The monoisotopic (exact) mass is 277 g/mol. The normalized spacial score (nSPS) is 10.5. The van der Waals surface area contributed by atoms with E-state index >= 15 is 0 Å². The number of nitrogens with zero attached hydrogens (tertiary/aromatic N) is 1. The van der Waals surface area contributed by atoms with E-state index < -0.39 is 0 Å². The second kappa shape index (κ2) is 5.73. The van der Waals surface area contributed by atoms with Crippen molar-refractivity contribution in [2.75, 3.05) is 6.54 Å². The number of aromatic nitrogens is 2. The molecule has 0 bridgehead atoms. The second-order valence-electron chi connectivity index (χ2n) is 4.75. The maximum Gasteiger partial charge on any atom is 0.176 e. The molecule has 1 heterocycles. The molecule has 0 aliphatic carbocycles. The maximum atomic E-state index is 11.5. The first kappa shape index (κ1) is 13.3. The minimum absolute atomic E-state index is 0.0399. The highest BCUT2D eigenvalue weighted by Crippen LogP contribution is 2.23. The van der Waals surface area contributed by atoms with Crippen LogP contribution in [0.4, 0.5) is 0 Å². The van der Waals surface area contributed by atoms with E-state index in [4.69, 9.17) is 5.73 Å². The van der Waals surface area contributed by atoms with E-state index in [1.54, 1.807) is 12.5 Å². The summed E-state index contributed by atoms with van der Waals surface area (Å²) in [4.78, 5) is 18.6. The van der Waals surface area contributed by atoms with E-state index in [1.165, 1.54) is 0 Å². The van der Waals surface area contributed by atoms with Gasteiger partial charge >= 0.3 is 0 Å². The summed E-state index contributed by atoms with van der Waals surface area (Å²) in [6.07, 6.45) is 3.46. The zero-order valence-corrected chi connectivity index (χ0v) is 11.4. The average Bonchev–Trinajstić information content (AvgIpc) is 3.09. The maximum absolute atomic E-state index is 11.5. The number of imidazole rings is 1. The van der Waals surface area contributed by atoms with Gasteiger partial charge in [-0.3, -0.25) is 4.79 Å². The van der Waals surface area contributed by atoms with Crippen LogP contribution in [0.1, 0.15) is 10.4 Å². The predicted octanol–water partition coefficient (Wildman–Crippen LogP) is 2.89. The van der Waals surface area contributed by atoms with Crippen LogP contribution < -0.4 is 5.73 Å². The molecule has 0 amide bonds. The number of rotatable bonds is 4. The Hall–Kier alpha value is -2.72. The molecular weight excluding hydrogens is 262 g/mol. The second-order valence-corrected chi connectivity index (χ2v) is 4.75. The van der Waals surface area contributed by atoms with Gasteiger partial charge in [0.1, 0.15) is 0 Å². The van der Waals surface area contributed by atoms with Crippen molar-refractivity contribution in [1.82, 2.24) is 9.97 Å². The number of Topliss-reactive ketones (excluding diaryl/α,β-unsaturated/α-hetero) is 1. The molecule has 0 aliphatic rings. The molecule has 0 unspecified atom stereocenters. The zero-order chi connectivity index (χ0) is 14.7. The molecule has 0 atom stereocenters. The Labute approximate surface area is 122 Å². The first-order chi connectivity index (χ1) is 10.3. The molecule has 0 fully saturated rings. The van der Waals surface area contributed by atoms with Gasteiger partial charge in [0.25, 0.3) is 0 Å². The fourth-order valence-electron chi connectivity index (χ4n) is 2.22. The van der Waals surface area contributed by atoms with Crippen LogP contribution >= 0.6 is 0 Å². The number of hydrogen-bond acceptors (Lipinski definition) is 3. The molecule has 1 aromatic heterocycles. The largest absolute Gasteiger partial charge is 0.345 e. The molecule has 0 radical (unpaired) electrons. The highest BCUT2D eigenvalue weighted by molar-refractivity contribution is 5.97. The molecule has 0 saturated heterocycles. The van der Waals surface area contributed by atoms with Crippen LogP contribution in [0.15, 0.2) is 61.1 Å². The molecule has 0 spiro atoms. The minimum Gasteiger partial charge on any atom is -0.345 e. The van der Waals surface area contributed by atoms with Gasteiger partial charge in [-0.25, -0.2) is 4.98 Å². The number of nitrogens with one attached hydrogen (secondary N) is 1. The van der Waals surface area contributed by atoms with Crippen molar-refractivity contribution in [2.24, 2.45) is 5.73 Å². The Balaban J connectivity index is 1.85. The lowest BCUT2D eigenvalue weighted by atomic mass is 10.0. The summed E-state index contributed by atoms with van der Waals surface area (Å²) in [5, 5.41) is 0. The number of ketones is 1. The van der Waals surface area contributed by atoms with Gasteiger partial charge < -0.3 is 10.7 Å². The van der Waals surface area contributed by atoms with Crippen LogP contribution in [0.3, 0.4) is 0 Å². The average molecular weight is 277 g/mol. The number of nitrogens with two attached hydrogens (primary N) is 1. The van der Waals surface area contributed by atoms with Crippen molar-refractivity contribution in [3.63, 3.8) is 0 Å². The fraction of sp³-hybridized carbons (Fsp3) is 0.0588. The van der Waals surface area contributed by atoms with Crippen molar-refractivity contribution in [1.29, 1.82) is 0 Å². The quantitative estimate of drug-likeness (QED) is 0.720. The number of carbonyl (C=O) groups excluding carboxylic acids is 1. The Morgan fingerprint density at radius 3 is 2.05 bits per heavy atom. The molecular formula is C17H15N3O. The van der Waals surface area contributed by atoms with Crippen LogP contribution in [0.5, 0.6) is 0 Å². The van der Waals surface area contributed by atoms with Crippen molar-refractivity contribution >= 4 is 5.78 Å². The molecule has 3 rings (SSSR count). The smallest absolute Gasteiger partial charge is 0.176 e. The fourth-order valence-corrected chi connectivity index (χ4v) is 2.22. The van der Waals surface area contributed by atoms with Crippen LogP contribution in [0, 0.1) is 0 Å². The number of benzene rings is 2. The molecule has 2 aromatic carbocycles. The lowest BCUT2D eigenvalue weighted by Crippen LogP contribution is -2.13. The standard InChI is InChI=1S/C17H15N3O/c18-9-17(21)15-7-3-13(4-8-15)12-1-5-14(6-2-12)16-10-19-11-20-16/h1-8,10-11H,9,18H2,(H,19,20). The molecule has 21 heavy (non-hydrogen) atoms. The number of hydrogen-bond donors (Lipinski definition) is 2. The van der Waals surface area contributed by atoms with Crippen LogP contribution in [-0.2, 0) is 0 Å². The number of aromatic amines is 1. The van der Waals surface area contributed by atoms with E-state index in [-0.39, 0.29) is 12.3 Å². The molecule has 4 nitrogen and oxygen atoms in total. The van der Waals surface area contributed by atoms with Crippen molar-refractivity contribution in [2.45, 2.75) is 0 Å². The van der Waals surface area contributed by atoms with Gasteiger partial charge in [-0.1, -0.05) is 48.5 Å². The highest BCUT2D eigenvalue weighted by atomic mass is 16.1. The Kier molecular flexibility index (Phi) is 3.62. The third-order valence-electron chi connectivity index (χ3n) is 3.42. The first-order valence-electron chi connectivity index (χ1n) is 6.70. The Morgan fingerprint density at radius 1 is 0.952 bits per heavy atom. The summed E-state index contributed by atoms with van der Waals surface area (Å²) in [6, 6.07) is 15.7. The third-order valence-corrected chi connectivity index (χ3v) is 3.42. The topological polar surface area (TPSA) is 71.8 Å². The van der Waals surface area contributed by atoms with Crippen molar-refractivity contribution in [3.8, 4) is 22.4 Å². The molecule has 3 aromatic rings. The van der Waals surface area contributed by atoms with Gasteiger partial charge in [-0.05, 0) is 16.7 Å². The van der Waals surface area contributed by atoms with Gasteiger partial charge in [0.05, 0.1) is 24.8 Å². The van der Waals surface area contributed by atoms with E-state index in [0.29, 0.717) is 5.56 Å². The summed E-state index contributed by atoms with van der Waals surface area (Å²) in [6.45, 7) is 0.0399. The van der Waals surface area contributed by atoms with Crippen LogP contribution in [0.25, 0.3) is 22.4 Å². The van der Waals surface area contributed by atoms with Gasteiger partial charge in [0.2, 0.25) is 0 Å². The van der Waals surface area contributed by atoms with Crippen molar-refractivity contribution < 1.29 is 4.79 Å². The predicted molar refractivity (Wildman–Crippen MR) is 82.8 cm³/mol. The zero-order valence-electron chi connectivity index (χ0n) is 11.4. The Bertz CT molecular complexity index is 729. The van der Waals surface area contributed by atoms with Gasteiger partial charge in [0, 0.05) is 5.56 Å².